The lowest BCUT2D eigenvalue weighted by atomic mass is 9.91. The first-order valence-electron chi connectivity index (χ1n) is 10.2. The van der Waals surface area contributed by atoms with E-state index in [9.17, 15) is 9.59 Å². The van der Waals surface area contributed by atoms with Crippen LogP contribution in [0.4, 0.5) is 0 Å². The molecule has 0 heterocycles. The van der Waals surface area contributed by atoms with Crippen LogP contribution in [0, 0.1) is 0 Å². The van der Waals surface area contributed by atoms with Crippen LogP contribution >= 0.6 is 0 Å². The third-order valence-corrected chi connectivity index (χ3v) is 4.45. The van der Waals surface area contributed by atoms with E-state index in [1.165, 1.54) is 11.1 Å². The Labute approximate surface area is 188 Å². The number of carbonyl (C=O) groups excluding carboxylic acids is 2. The number of rotatable bonds is 4. The van der Waals surface area contributed by atoms with Crippen LogP contribution < -0.4 is 0 Å². The molecule has 0 bridgehead atoms. The van der Waals surface area contributed by atoms with Crippen LogP contribution in [0.2, 0.25) is 0 Å². The van der Waals surface area contributed by atoms with Crippen molar-refractivity contribution >= 4 is 11.9 Å². The lowest BCUT2D eigenvalue weighted by Crippen LogP contribution is -2.11. The molecule has 0 radical (unpaired) electrons. The highest BCUT2D eigenvalue weighted by Crippen LogP contribution is 2.25. The molecule has 0 aromatic heterocycles. The van der Waals surface area contributed by atoms with Gasteiger partial charge >= 0.3 is 11.9 Å². The van der Waals surface area contributed by atoms with Gasteiger partial charge in [0.1, 0.15) is 0 Å². The van der Waals surface area contributed by atoms with Crippen LogP contribution in [0.5, 0.6) is 0 Å². The van der Waals surface area contributed by atoms with Gasteiger partial charge in [-0.05, 0) is 47.2 Å². The van der Waals surface area contributed by atoms with Gasteiger partial charge in [-0.1, -0.05) is 88.4 Å². The molecule has 170 valence electrons. The van der Waals surface area contributed by atoms with E-state index in [-0.39, 0.29) is 0 Å². The van der Waals surface area contributed by atoms with Crippen LogP contribution in [0.3, 0.4) is 0 Å². The minimum atomic E-state index is -0.708. The number of benzene rings is 3. The van der Waals surface area contributed by atoms with Crippen LogP contribution in [0.1, 0.15) is 71.4 Å². The first kappa shape index (κ1) is 26.6. The molecule has 32 heavy (non-hydrogen) atoms. The zero-order valence-corrected chi connectivity index (χ0v) is 18.8. The van der Waals surface area contributed by atoms with Gasteiger partial charge in [-0.15, -0.1) is 0 Å². The molecule has 0 fully saturated rings. The van der Waals surface area contributed by atoms with Gasteiger partial charge in [0.2, 0.25) is 0 Å². The summed E-state index contributed by atoms with van der Waals surface area (Å²) in [6.07, 6.45) is 0. The van der Waals surface area contributed by atoms with E-state index in [1.807, 2.05) is 0 Å². The number of hydrogen-bond donors (Lipinski definition) is 2. The molecule has 0 aliphatic rings. The summed E-state index contributed by atoms with van der Waals surface area (Å²) >= 11 is 0. The average molecular weight is 439 g/mol. The maximum absolute atomic E-state index is 11.5. The molecule has 0 saturated carbocycles. The highest BCUT2D eigenvalue weighted by Gasteiger charge is 2.13. The fraction of sp³-hybridized carbons (Fsp3) is 0.231. The first-order chi connectivity index (χ1) is 15.4. The third kappa shape index (κ3) is 8.71. The van der Waals surface area contributed by atoms with Gasteiger partial charge in [-0.2, -0.15) is 0 Å². The molecule has 0 unspecified atom stereocenters. The molecule has 0 aliphatic heterocycles. The lowest BCUT2D eigenvalue weighted by Gasteiger charge is -2.14. The minimum absolute atomic E-state index is 0.318. The van der Waals surface area contributed by atoms with Gasteiger partial charge in [-0.25, -0.2) is 19.4 Å². The molecule has 0 aliphatic carbocycles. The molecule has 0 atom stereocenters. The summed E-state index contributed by atoms with van der Waals surface area (Å²) < 4.78 is 0. The highest BCUT2D eigenvalue weighted by atomic mass is 17.2. The normalized spacial score (nSPS) is 9.75. The van der Waals surface area contributed by atoms with Gasteiger partial charge < -0.3 is 0 Å². The average Bonchev–Trinajstić information content (AvgIpc) is 2.85. The Morgan fingerprint density at radius 1 is 0.562 bits per heavy atom. The van der Waals surface area contributed by atoms with E-state index in [2.05, 4.69) is 61.7 Å². The Balaban J connectivity index is 0.000000318. The van der Waals surface area contributed by atoms with Crippen LogP contribution in [0.25, 0.3) is 0 Å². The molecule has 3 aromatic rings. The topological polar surface area (TPSA) is 93.1 Å². The van der Waals surface area contributed by atoms with Crippen molar-refractivity contribution in [3.63, 3.8) is 0 Å². The fourth-order valence-corrected chi connectivity index (χ4v) is 2.88. The van der Waals surface area contributed by atoms with Gasteiger partial charge in [-0.3, -0.25) is 10.5 Å². The number of carbonyl (C=O) groups is 2. The molecule has 0 saturated heterocycles. The Bertz CT molecular complexity index is 858. The molecular formula is C26H30O6. The molecule has 3 aromatic carbocycles. The Morgan fingerprint density at radius 3 is 1.12 bits per heavy atom. The van der Waals surface area contributed by atoms with Crippen molar-refractivity contribution in [1.82, 2.24) is 0 Å². The molecule has 6 nitrogen and oxygen atoms in total. The maximum atomic E-state index is 11.5. The monoisotopic (exact) mass is 438 g/mol. The third-order valence-electron chi connectivity index (χ3n) is 4.45. The van der Waals surface area contributed by atoms with Crippen molar-refractivity contribution in [2.75, 3.05) is 0 Å². The molecule has 0 amide bonds. The van der Waals surface area contributed by atoms with E-state index < -0.39 is 11.9 Å². The predicted molar refractivity (Wildman–Crippen MR) is 124 cm³/mol. The van der Waals surface area contributed by atoms with Crippen molar-refractivity contribution in [3.05, 3.63) is 107 Å². The quantitative estimate of drug-likeness (QED) is 0.354. The molecule has 6 heteroatoms. The van der Waals surface area contributed by atoms with Crippen molar-refractivity contribution in [3.8, 4) is 0 Å². The smallest absolute Gasteiger partial charge is 0.255 e. The van der Waals surface area contributed by atoms with E-state index in [0.29, 0.717) is 23.0 Å². The second-order valence-electron chi connectivity index (χ2n) is 7.41. The van der Waals surface area contributed by atoms with E-state index in [0.717, 1.165) is 0 Å². The largest absolute Gasteiger partial charge is 0.386 e. The lowest BCUT2D eigenvalue weighted by molar-refractivity contribution is -0.187. The SMILES string of the molecule is CC(C)c1ccccc1C(C)C.O=C(OOC(=O)c1ccccc1)c1ccccc1.OO. The Kier molecular flexibility index (Phi) is 12.0. The number of hydrogen-bond acceptors (Lipinski definition) is 6. The molecule has 2 N–H and O–H groups in total. The zero-order chi connectivity index (χ0) is 23.9. The summed E-state index contributed by atoms with van der Waals surface area (Å²) in [5.41, 5.74) is 3.62. The minimum Gasteiger partial charge on any atom is -0.255 e. The standard InChI is InChI=1S/C14H10O4.C12H18.H2O2/c15-13(11-7-3-1-4-8-11)17-18-14(16)12-9-5-2-6-10-12;1-9(2)11-7-5-6-8-12(11)10(3)4;1-2/h1-10H;5-10H,1-4H3;1-2H. The summed E-state index contributed by atoms with van der Waals surface area (Å²) in [6, 6.07) is 25.3. The molecular weight excluding hydrogens is 408 g/mol. The van der Waals surface area contributed by atoms with E-state index >= 15 is 0 Å². The summed E-state index contributed by atoms with van der Waals surface area (Å²) in [6.45, 7) is 9.00. The summed E-state index contributed by atoms with van der Waals surface area (Å²) in [4.78, 5) is 31.9. The Morgan fingerprint density at radius 2 is 0.844 bits per heavy atom. The van der Waals surface area contributed by atoms with Gasteiger partial charge in [0.15, 0.2) is 0 Å². The van der Waals surface area contributed by atoms with Crippen molar-refractivity contribution in [2.45, 2.75) is 39.5 Å². The van der Waals surface area contributed by atoms with Crippen LogP contribution in [-0.2, 0) is 9.78 Å². The highest BCUT2D eigenvalue weighted by molar-refractivity contribution is 5.92. The summed E-state index contributed by atoms with van der Waals surface area (Å²) in [5.74, 6) is -0.132. The second kappa shape index (κ2) is 14.5. The van der Waals surface area contributed by atoms with Gasteiger partial charge in [0.05, 0.1) is 11.1 Å². The zero-order valence-electron chi connectivity index (χ0n) is 18.8. The Hall–Kier alpha value is -3.48. The summed E-state index contributed by atoms with van der Waals surface area (Å²) in [5, 5.41) is 12.0. The van der Waals surface area contributed by atoms with Gasteiger partial charge in [0.25, 0.3) is 0 Å². The van der Waals surface area contributed by atoms with Crippen molar-refractivity contribution in [2.24, 2.45) is 0 Å². The van der Waals surface area contributed by atoms with E-state index in [4.69, 9.17) is 10.5 Å². The molecule has 0 spiro atoms. The second-order valence-corrected chi connectivity index (χ2v) is 7.41. The van der Waals surface area contributed by atoms with Crippen LogP contribution in [-0.4, -0.2) is 22.5 Å². The van der Waals surface area contributed by atoms with Crippen LogP contribution in [0.15, 0.2) is 84.9 Å². The molecule has 3 rings (SSSR count). The summed E-state index contributed by atoms with van der Waals surface area (Å²) in [7, 11) is 0. The fourth-order valence-electron chi connectivity index (χ4n) is 2.88. The van der Waals surface area contributed by atoms with Crippen molar-refractivity contribution in [1.29, 1.82) is 0 Å². The van der Waals surface area contributed by atoms with E-state index in [1.54, 1.807) is 60.7 Å². The van der Waals surface area contributed by atoms with Crippen molar-refractivity contribution < 1.29 is 29.9 Å². The maximum Gasteiger partial charge on any atom is 0.386 e. The van der Waals surface area contributed by atoms with Gasteiger partial charge in [0, 0.05) is 0 Å². The predicted octanol–water partition coefficient (Wildman–Crippen LogP) is 6.57. The first-order valence-corrected chi connectivity index (χ1v) is 10.2.